The Hall–Kier alpha value is -0.570. The zero-order chi connectivity index (χ0) is 9.35. The summed E-state index contributed by atoms with van der Waals surface area (Å²) in [7, 11) is -3.01. The van der Waals surface area contributed by atoms with Gasteiger partial charge in [-0.05, 0) is 17.9 Å². The number of allylic oxidation sites excluding steroid dienone is 3. The van der Waals surface area contributed by atoms with Crippen molar-refractivity contribution in [1.29, 1.82) is 0 Å². The normalized spacial score (nSPS) is 30.1. The van der Waals surface area contributed by atoms with Crippen LogP contribution in [0.25, 0.3) is 0 Å². The van der Waals surface area contributed by atoms with Crippen molar-refractivity contribution in [3.05, 3.63) is 23.1 Å². The minimum atomic E-state index is -3.01. The highest BCUT2D eigenvalue weighted by Crippen LogP contribution is 2.24. The van der Waals surface area contributed by atoms with Gasteiger partial charge in [0.25, 0.3) is 0 Å². The molecule has 2 atom stereocenters. The van der Waals surface area contributed by atoms with E-state index in [0.717, 1.165) is 0 Å². The molecule has 12 heavy (non-hydrogen) atoms. The van der Waals surface area contributed by atoms with E-state index in [1.807, 2.05) is 19.1 Å². The van der Waals surface area contributed by atoms with Crippen molar-refractivity contribution in [2.24, 2.45) is 11.8 Å². The number of hydrogen-bond acceptors (Lipinski definition) is 2. The van der Waals surface area contributed by atoms with Crippen molar-refractivity contribution in [2.75, 3.05) is 6.26 Å². The highest BCUT2D eigenvalue weighted by Gasteiger charge is 2.17. The summed E-state index contributed by atoms with van der Waals surface area (Å²) < 4.78 is 22.2. The van der Waals surface area contributed by atoms with Crippen LogP contribution in [0.4, 0.5) is 0 Å². The third kappa shape index (κ3) is 1.97. The van der Waals surface area contributed by atoms with Crippen LogP contribution in [0.15, 0.2) is 23.1 Å². The van der Waals surface area contributed by atoms with E-state index in [-0.39, 0.29) is 0 Å². The van der Waals surface area contributed by atoms with Gasteiger partial charge in [0.1, 0.15) is 0 Å². The lowest BCUT2D eigenvalue weighted by Crippen LogP contribution is -2.10. The second-order valence-electron chi connectivity index (χ2n) is 3.42. The fourth-order valence-corrected chi connectivity index (χ4v) is 1.92. The molecule has 1 rings (SSSR count). The van der Waals surface area contributed by atoms with E-state index >= 15 is 0 Å². The van der Waals surface area contributed by atoms with E-state index in [1.165, 1.54) is 6.26 Å². The van der Waals surface area contributed by atoms with Gasteiger partial charge in [0, 0.05) is 6.26 Å². The molecule has 0 saturated carbocycles. The molecule has 2 nitrogen and oxygen atoms in total. The predicted molar refractivity (Wildman–Crippen MR) is 50.4 cm³/mol. The lowest BCUT2D eigenvalue weighted by atomic mass is 9.92. The van der Waals surface area contributed by atoms with E-state index in [0.29, 0.717) is 16.7 Å². The first-order valence-electron chi connectivity index (χ1n) is 4.01. The number of hydrogen-bond donors (Lipinski definition) is 0. The zero-order valence-corrected chi connectivity index (χ0v) is 8.43. The van der Waals surface area contributed by atoms with Crippen molar-refractivity contribution in [2.45, 2.75) is 13.8 Å². The van der Waals surface area contributed by atoms with Crippen LogP contribution in [0, 0.1) is 11.8 Å². The van der Waals surface area contributed by atoms with Gasteiger partial charge >= 0.3 is 0 Å². The molecule has 0 amide bonds. The molecule has 2 unspecified atom stereocenters. The molecule has 0 heterocycles. The Balaban J connectivity index is 2.99. The van der Waals surface area contributed by atoms with Crippen molar-refractivity contribution in [3.63, 3.8) is 0 Å². The summed E-state index contributed by atoms with van der Waals surface area (Å²) in [6.45, 7) is 4.11. The van der Waals surface area contributed by atoms with Crippen molar-refractivity contribution >= 4 is 9.84 Å². The molecule has 3 heteroatoms. The monoisotopic (exact) mass is 186 g/mol. The van der Waals surface area contributed by atoms with E-state index in [9.17, 15) is 8.42 Å². The Bertz CT molecular complexity index is 322. The Morgan fingerprint density at radius 3 is 2.25 bits per heavy atom. The van der Waals surface area contributed by atoms with Crippen LogP contribution in [0.5, 0.6) is 0 Å². The SMILES string of the molecule is CC1C=CC(S(C)(=O)=O)=CC1C. The summed E-state index contributed by atoms with van der Waals surface area (Å²) in [5.74, 6) is 0.759. The zero-order valence-electron chi connectivity index (χ0n) is 7.61. The molecule has 0 radical (unpaired) electrons. The van der Waals surface area contributed by atoms with E-state index in [2.05, 4.69) is 6.92 Å². The maximum Gasteiger partial charge on any atom is 0.175 e. The molecule has 68 valence electrons. The van der Waals surface area contributed by atoms with Gasteiger partial charge in [-0.15, -0.1) is 0 Å². The summed E-state index contributed by atoms with van der Waals surface area (Å²) in [4.78, 5) is 0.452. The maximum absolute atomic E-state index is 11.1. The Morgan fingerprint density at radius 1 is 1.25 bits per heavy atom. The smallest absolute Gasteiger partial charge is 0.175 e. The summed E-state index contributed by atoms with van der Waals surface area (Å²) in [6.07, 6.45) is 6.70. The molecule has 0 aromatic carbocycles. The Labute approximate surface area is 73.9 Å². The minimum absolute atomic E-state index is 0.319. The van der Waals surface area contributed by atoms with Gasteiger partial charge in [0.2, 0.25) is 0 Å². The molecule has 0 N–H and O–H groups in total. The summed E-state index contributed by atoms with van der Waals surface area (Å²) in [5.41, 5.74) is 0. The first-order chi connectivity index (χ1) is 5.41. The van der Waals surface area contributed by atoms with Crippen LogP contribution in [-0.2, 0) is 9.84 Å². The average molecular weight is 186 g/mol. The molecular formula is C9H14O2S. The Morgan fingerprint density at radius 2 is 1.83 bits per heavy atom. The summed E-state index contributed by atoms with van der Waals surface area (Å²) in [5, 5.41) is 0. The van der Waals surface area contributed by atoms with Gasteiger partial charge < -0.3 is 0 Å². The number of rotatable bonds is 1. The largest absolute Gasteiger partial charge is 0.224 e. The van der Waals surface area contributed by atoms with Crippen molar-refractivity contribution in [1.82, 2.24) is 0 Å². The summed E-state index contributed by atoms with van der Waals surface area (Å²) in [6, 6.07) is 0. The molecule has 0 bridgehead atoms. The molecule has 1 aliphatic rings. The van der Waals surface area contributed by atoms with Gasteiger partial charge in [-0.25, -0.2) is 8.42 Å². The van der Waals surface area contributed by atoms with Gasteiger partial charge in [-0.3, -0.25) is 0 Å². The van der Waals surface area contributed by atoms with Crippen molar-refractivity contribution in [3.8, 4) is 0 Å². The third-order valence-corrected chi connectivity index (χ3v) is 3.38. The molecule has 0 aliphatic heterocycles. The van der Waals surface area contributed by atoms with Crippen LogP contribution in [0.2, 0.25) is 0 Å². The fourth-order valence-electron chi connectivity index (χ4n) is 1.14. The molecule has 0 aromatic rings. The highest BCUT2D eigenvalue weighted by atomic mass is 32.2. The predicted octanol–water partition coefficient (Wildman–Crippen LogP) is 1.76. The Kier molecular flexibility index (Phi) is 2.42. The van der Waals surface area contributed by atoms with Gasteiger partial charge in [-0.1, -0.05) is 26.0 Å². The van der Waals surface area contributed by atoms with Crippen LogP contribution < -0.4 is 0 Å². The molecule has 0 spiro atoms. The quantitative estimate of drug-likeness (QED) is 0.625. The highest BCUT2D eigenvalue weighted by molar-refractivity contribution is 7.94. The minimum Gasteiger partial charge on any atom is -0.224 e. The third-order valence-electron chi connectivity index (χ3n) is 2.25. The first kappa shape index (κ1) is 9.52. The first-order valence-corrected chi connectivity index (χ1v) is 5.90. The van der Waals surface area contributed by atoms with Crippen LogP contribution in [0.1, 0.15) is 13.8 Å². The van der Waals surface area contributed by atoms with Gasteiger partial charge in [-0.2, -0.15) is 0 Å². The molecule has 0 fully saturated rings. The lowest BCUT2D eigenvalue weighted by molar-refractivity contribution is 0.548. The second kappa shape index (κ2) is 3.05. The van der Waals surface area contributed by atoms with E-state index < -0.39 is 9.84 Å². The molecular weight excluding hydrogens is 172 g/mol. The van der Waals surface area contributed by atoms with Crippen LogP contribution >= 0.6 is 0 Å². The van der Waals surface area contributed by atoms with E-state index in [1.54, 1.807) is 6.08 Å². The van der Waals surface area contributed by atoms with E-state index in [4.69, 9.17) is 0 Å². The lowest BCUT2D eigenvalue weighted by Gasteiger charge is -2.17. The topological polar surface area (TPSA) is 34.1 Å². The van der Waals surface area contributed by atoms with Crippen LogP contribution in [0.3, 0.4) is 0 Å². The summed E-state index contributed by atoms with van der Waals surface area (Å²) >= 11 is 0. The van der Waals surface area contributed by atoms with Gasteiger partial charge in [0.15, 0.2) is 9.84 Å². The molecule has 1 aliphatic carbocycles. The molecule has 0 aromatic heterocycles. The van der Waals surface area contributed by atoms with Gasteiger partial charge in [0.05, 0.1) is 4.91 Å². The van der Waals surface area contributed by atoms with Crippen LogP contribution in [-0.4, -0.2) is 14.7 Å². The number of sulfone groups is 1. The second-order valence-corrected chi connectivity index (χ2v) is 5.43. The fraction of sp³-hybridized carbons (Fsp3) is 0.556. The maximum atomic E-state index is 11.1. The molecule has 0 saturated heterocycles. The average Bonchev–Trinajstić information content (AvgIpc) is 1.92. The van der Waals surface area contributed by atoms with Crippen molar-refractivity contribution < 1.29 is 8.42 Å². The standard InChI is InChI=1S/C9H14O2S/c1-7-4-5-9(6-8(7)2)12(3,10)11/h4-8H,1-3H3.